The van der Waals surface area contributed by atoms with Gasteiger partial charge in [-0.1, -0.05) is 32.9 Å². The number of carbonyl (C=O) groups excluding carboxylic acids is 2. The van der Waals surface area contributed by atoms with E-state index in [9.17, 15) is 22.8 Å². The van der Waals surface area contributed by atoms with Crippen molar-refractivity contribution in [1.29, 1.82) is 0 Å². The van der Waals surface area contributed by atoms with Crippen LogP contribution in [-0.2, 0) is 22.2 Å². The smallest absolute Gasteiger partial charge is 0.349 e. The number of benzene rings is 1. The summed E-state index contributed by atoms with van der Waals surface area (Å²) in [7, 11) is 0. The van der Waals surface area contributed by atoms with E-state index in [0.717, 1.165) is 12.1 Å². The van der Waals surface area contributed by atoms with E-state index in [2.05, 4.69) is 5.32 Å². The summed E-state index contributed by atoms with van der Waals surface area (Å²) in [5.41, 5.74) is -0.803. The predicted molar refractivity (Wildman–Crippen MR) is 72.6 cm³/mol. The molecule has 0 saturated heterocycles. The Hall–Kier alpha value is -1.85. The van der Waals surface area contributed by atoms with Crippen LogP contribution in [0, 0.1) is 5.41 Å². The summed E-state index contributed by atoms with van der Waals surface area (Å²) < 4.78 is 37.2. The highest BCUT2D eigenvalue weighted by molar-refractivity contribution is 6.37. The Labute approximate surface area is 121 Å². The molecule has 0 fully saturated rings. The van der Waals surface area contributed by atoms with E-state index >= 15 is 0 Å². The Morgan fingerprint density at radius 3 is 2.00 bits per heavy atom. The third-order valence-electron chi connectivity index (χ3n) is 2.87. The first-order valence-corrected chi connectivity index (χ1v) is 6.50. The van der Waals surface area contributed by atoms with Gasteiger partial charge in [0.1, 0.15) is 0 Å². The number of alkyl halides is 3. The fourth-order valence-corrected chi connectivity index (χ4v) is 1.60. The highest BCUT2D eigenvalue weighted by Crippen LogP contribution is 2.29. The van der Waals surface area contributed by atoms with Gasteiger partial charge in [-0.25, -0.2) is 0 Å². The van der Waals surface area contributed by atoms with E-state index in [1.54, 1.807) is 20.8 Å². The second-order valence-electron chi connectivity index (χ2n) is 5.78. The van der Waals surface area contributed by atoms with Gasteiger partial charge in [0.2, 0.25) is 5.78 Å². The SMILES string of the molecule is CC(C)(C)C(=O)C(=O)NCCc1ccc(C(F)(F)F)cc1. The Balaban J connectivity index is 2.50. The lowest BCUT2D eigenvalue weighted by Gasteiger charge is -2.15. The molecule has 0 unspecified atom stereocenters. The average Bonchev–Trinajstić information content (AvgIpc) is 2.36. The first-order valence-electron chi connectivity index (χ1n) is 6.50. The second-order valence-corrected chi connectivity index (χ2v) is 5.78. The number of hydrogen-bond donors (Lipinski definition) is 1. The number of Topliss-reactive ketones (excluding diaryl/α,β-unsaturated/α-hetero) is 1. The molecule has 1 N–H and O–H groups in total. The van der Waals surface area contributed by atoms with Gasteiger partial charge >= 0.3 is 6.18 Å². The van der Waals surface area contributed by atoms with Gasteiger partial charge in [0, 0.05) is 12.0 Å². The van der Waals surface area contributed by atoms with E-state index in [1.807, 2.05) is 0 Å². The zero-order valence-corrected chi connectivity index (χ0v) is 12.2. The van der Waals surface area contributed by atoms with Crippen LogP contribution in [0.15, 0.2) is 24.3 Å². The molecule has 0 spiro atoms. The summed E-state index contributed by atoms with van der Waals surface area (Å²) in [6, 6.07) is 4.72. The van der Waals surface area contributed by atoms with Crippen LogP contribution in [0.5, 0.6) is 0 Å². The molecule has 0 aromatic heterocycles. The Morgan fingerprint density at radius 2 is 1.57 bits per heavy atom. The zero-order chi connectivity index (χ0) is 16.3. The molecule has 3 nitrogen and oxygen atoms in total. The lowest BCUT2D eigenvalue weighted by molar-refractivity contribution is -0.142. The first kappa shape index (κ1) is 17.2. The molecule has 0 aliphatic heterocycles. The molecule has 0 atom stereocenters. The molecule has 0 aliphatic rings. The van der Waals surface area contributed by atoms with Crippen molar-refractivity contribution in [3.05, 3.63) is 35.4 Å². The maximum absolute atomic E-state index is 12.4. The largest absolute Gasteiger partial charge is 0.416 e. The quantitative estimate of drug-likeness (QED) is 0.869. The van der Waals surface area contributed by atoms with Crippen molar-refractivity contribution in [1.82, 2.24) is 5.32 Å². The topological polar surface area (TPSA) is 46.2 Å². The average molecular weight is 301 g/mol. The van der Waals surface area contributed by atoms with Crippen LogP contribution in [0.1, 0.15) is 31.9 Å². The number of nitrogens with one attached hydrogen (secondary N) is 1. The van der Waals surface area contributed by atoms with Crippen molar-refractivity contribution >= 4 is 11.7 Å². The van der Waals surface area contributed by atoms with Crippen LogP contribution in [0.25, 0.3) is 0 Å². The Kier molecular flexibility index (Phi) is 5.15. The molecular weight excluding hydrogens is 283 g/mol. The molecule has 0 aliphatic carbocycles. The molecule has 6 heteroatoms. The number of halogens is 3. The summed E-state index contributed by atoms with van der Waals surface area (Å²) >= 11 is 0. The van der Waals surface area contributed by atoms with Crippen molar-refractivity contribution in [2.45, 2.75) is 33.4 Å². The summed E-state index contributed by atoms with van der Waals surface area (Å²) in [5.74, 6) is -1.19. The number of ketones is 1. The molecule has 1 aromatic carbocycles. The normalized spacial score (nSPS) is 12.1. The molecule has 0 heterocycles. The van der Waals surface area contributed by atoms with E-state index in [4.69, 9.17) is 0 Å². The Bertz CT molecular complexity index is 513. The number of rotatable bonds is 4. The summed E-state index contributed by atoms with van der Waals surface area (Å²) in [4.78, 5) is 23.2. The standard InChI is InChI=1S/C15H18F3NO2/c1-14(2,3)12(20)13(21)19-9-8-10-4-6-11(7-5-10)15(16,17)18/h4-7H,8-9H2,1-3H3,(H,19,21). The lowest BCUT2D eigenvalue weighted by Crippen LogP contribution is -2.39. The van der Waals surface area contributed by atoms with Gasteiger partial charge in [-0.05, 0) is 24.1 Å². The van der Waals surface area contributed by atoms with E-state index < -0.39 is 28.8 Å². The van der Waals surface area contributed by atoms with Gasteiger partial charge in [-0.2, -0.15) is 13.2 Å². The predicted octanol–water partition coefficient (Wildman–Crippen LogP) is 2.98. The van der Waals surface area contributed by atoms with Gasteiger partial charge in [0.25, 0.3) is 5.91 Å². The lowest BCUT2D eigenvalue weighted by atomic mass is 9.90. The third kappa shape index (κ3) is 5.21. The number of amides is 1. The van der Waals surface area contributed by atoms with Crippen LogP contribution in [0.4, 0.5) is 13.2 Å². The maximum atomic E-state index is 12.4. The minimum atomic E-state index is -4.36. The number of hydrogen-bond acceptors (Lipinski definition) is 2. The van der Waals surface area contributed by atoms with Crippen LogP contribution in [0.2, 0.25) is 0 Å². The van der Waals surface area contributed by atoms with Crippen molar-refractivity contribution < 1.29 is 22.8 Å². The summed E-state index contributed by atoms with van der Waals surface area (Å²) in [6.45, 7) is 5.13. The van der Waals surface area contributed by atoms with Crippen LogP contribution < -0.4 is 5.32 Å². The molecule has 21 heavy (non-hydrogen) atoms. The second kappa shape index (κ2) is 6.28. The van der Waals surface area contributed by atoms with E-state index in [1.165, 1.54) is 12.1 Å². The first-order chi connectivity index (χ1) is 9.51. The van der Waals surface area contributed by atoms with Crippen molar-refractivity contribution in [2.24, 2.45) is 5.41 Å². The molecule has 116 valence electrons. The molecular formula is C15H18F3NO2. The fraction of sp³-hybridized carbons (Fsp3) is 0.467. The van der Waals surface area contributed by atoms with Crippen LogP contribution >= 0.6 is 0 Å². The summed E-state index contributed by atoms with van der Waals surface area (Å²) in [5, 5.41) is 2.47. The Morgan fingerprint density at radius 1 is 1.05 bits per heavy atom. The van der Waals surface area contributed by atoms with E-state index in [-0.39, 0.29) is 6.54 Å². The van der Waals surface area contributed by atoms with Gasteiger partial charge < -0.3 is 5.32 Å². The van der Waals surface area contributed by atoms with Crippen LogP contribution in [-0.4, -0.2) is 18.2 Å². The highest BCUT2D eigenvalue weighted by Gasteiger charge is 2.30. The van der Waals surface area contributed by atoms with Gasteiger partial charge in [0.15, 0.2) is 0 Å². The zero-order valence-electron chi connectivity index (χ0n) is 12.2. The molecule has 0 radical (unpaired) electrons. The van der Waals surface area contributed by atoms with Gasteiger partial charge in [-0.15, -0.1) is 0 Å². The summed E-state index contributed by atoms with van der Waals surface area (Å²) in [6.07, 6.45) is -3.99. The third-order valence-corrected chi connectivity index (χ3v) is 2.87. The maximum Gasteiger partial charge on any atom is 0.416 e. The minimum Gasteiger partial charge on any atom is -0.349 e. The van der Waals surface area contributed by atoms with Crippen LogP contribution in [0.3, 0.4) is 0 Å². The number of carbonyl (C=O) groups is 2. The van der Waals surface area contributed by atoms with Gasteiger partial charge in [-0.3, -0.25) is 9.59 Å². The van der Waals surface area contributed by atoms with E-state index in [0.29, 0.717) is 12.0 Å². The van der Waals surface area contributed by atoms with Crippen molar-refractivity contribution in [2.75, 3.05) is 6.54 Å². The molecule has 1 aromatic rings. The molecule has 0 bridgehead atoms. The highest BCUT2D eigenvalue weighted by atomic mass is 19.4. The fourth-order valence-electron chi connectivity index (χ4n) is 1.60. The molecule has 1 amide bonds. The minimum absolute atomic E-state index is 0.200. The van der Waals surface area contributed by atoms with Crippen molar-refractivity contribution in [3.8, 4) is 0 Å². The monoisotopic (exact) mass is 301 g/mol. The van der Waals surface area contributed by atoms with Gasteiger partial charge in [0.05, 0.1) is 5.56 Å². The van der Waals surface area contributed by atoms with Crippen molar-refractivity contribution in [3.63, 3.8) is 0 Å². The molecule has 1 rings (SSSR count). The molecule has 0 saturated carbocycles.